The third-order valence-corrected chi connectivity index (χ3v) is 5.52. The maximum absolute atomic E-state index is 5.48. The highest BCUT2D eigenvalue weighted by atomic mass is 79.9. The normalized spacial score (nSPS) is 27.9. The lowest BCUT2D eigenvalue weighted by Crippen LogP contribution is -2.49. The fourth-order valence-corrected chi connectivity index (χ4v) is 4.27. The van der Waals surface area contributed by atoms with Gasteiger partial charge in [-0.1, -0.05) is 0 Å². The summed E-state index contributed by atoms with van der Waals surface area (Å²) in [6.45, 7) is 2.99. The Morgan fingerprint density at radius 1 is 1.50 bits per heavy atom. The van der Waals surface area contributed by atoms with Crippen LogP contribution in [0.5, 0.6) is 0 Å². The number of ether oxygens (including phenoxy) is 1. The summed E-state index contributed by atoms with van der Waals surface area (Å²) in [5.74, 6) is 0. The number of thiophene rings is 1. The van der Waals surface area contributed by atoms with Gasteiger partial charge in [-0.2, -0.15) is 0 Å². The molecular weight excluding hydrogens is 286 g/mol. The van der Waals surface area contributed by atoms with E-state index in [9.17, 15) is 0 Å². The van der Waals surface area contributed by atoms with Gasteiger partial charge in [-0.3, -0.25) is 0 Å². The van der Waals surface area contributed by atoms with E-state index in [1.807, 2.05) is 11.3 Å². The zero-order valence-corrected chi connectivity index (χ0v) is 11.6. The summed E-state index contributed by atoms with van der Waals surface area (Å²) in [5, 5.41) is 3.59. The van der Waals surface area contributed by atoms with Crippen molar-refractivity contribution in [3.63, 3.8) is 0 Å². The molecule has 1 atom stereocenters. The Bertz CT molecular complexity index is 369. The van der Waals surface area contributed by atoms with Crippen LogP contribution in [-0.2, 0) is 10.2 Å². The van der Waals surface area contributed by atoms with Gasteiger partial charge in [0.15, 0.2) is 0 Å². The maximum Gasteiger partial charge on any atom is 0.0701 e. The zero-order valence-electron chi connectivity index (χ0n) is 9.17. The Labute approximate surface area is 109 Å². The molecule has 2 aliphatic heterocycles. The fourth-order valence-electron chi connectivity index (χ4n) is 2.71. The van der Waals surface area contributed by atoms with E-state index in [1.54, 1.807) is 0 Å². The standard InChI is InChI=1S/C12H16BrNOS/c13-11-4-3-10(16-11)12(7-15-8-12)6-9-2-1-5-14-9/h3-4,9,14H,1-2,5-8H2. The Morgan fingerprint density at radius 3 is 2.88 bits per heavy atom. The van der Waals surface area contributed by atoms with Gasteiger partial charge in [0.1, 0.15) is 0 Å². The minimum absolute atomic E-state index is 0.304. The van der Waals surface area contributed by atoms with Crippen LogP contribution in [-0.4, -0.2) is 25.8 Å². The first-order valence-electron chi connectivity index (χ1n) is 5.85. The van der Waals surface area contributed by atoms with Crippen LogP contribution >= 0.6 is 27.3 Å². The minimum Gasteiger partial charge on any atom is -0.379 e. The molecule has 2 saturated heterocycles. The van der Waals surface area contributed by atoms with Crippen LogP contribution in [0.15, 0.2) is 15.9 Å². The Hall–Kier alpha value is 0.1000. The number of hydrogen-bond donors (Lipinski definition) is 1. The fraction of sp³-hybridized carbons (Fsp3) is 0.667. The molecule has 2 aliphatic rings. The summed E-state index contributed by atoms with van der Waals surface area (Å²) in [5.41, 5.74) is 0.304. The monoisotopic (exact) mass is 301 g/mol. The number of hydrogen-bond acceptors (Lipinski definition) is 3. The largest absolute Gasteiger partial charge is 0.379 e. The summed E-state index contributed by atoms with van der Waals surface area (Å²) in [6.07, 6.45) is 3.89. The summed E-state index contributed by atoms with van der Waals surface area (Å²) >= 11 is 5.42. The highest BCUT2D eigenvalue weighted by molar-refractivity contribution is 9.11. The van der Waals surface area contributed by atoms with E-state index >= 15 is 0 Å². The Morgan fingerprint density at radius 2 is 2.38 bits per heavy atom. The second-order valence-corrected chi connectivity index (χ2v) is 7.34. The van der Waals surface area contributed by atoms with Gasteiger partial charge in [-0.25, -0.2) is 0 Å². The molecule has 1 aromatic heterocycles. The molecule has 0 amide bonds. The first-order chi connectivity index (χ1) is 7.78. The number of nitrogens with one attached hydrogen (secondary N) is 1. The maximum atomic E-state index is 5.48. The highest BCUT2D eigenvalue weighted by Gasteiger charge is 2.43. The van der Waals surface area contributed by atoms with Crippen LogP contribution < -0.4 is 5.32 Å². The minimum atomic E-state index is 0.304. The molecule has 0 bridgehead atoms. The van der Waals surface area contributed by atoms with Crippen molar-refractivity contribution >= 4 is 27.3 Å². The van der Waals surface area contributed by atoms with Crippen LogP contribution in [0.1, 0.15) is 24.1 Å². The van der Waals surface area contributed by atoms with E-state index in [4.69, 9.17) is 4.74 Å². The van der Waals surface area contributed by atoms with E-state index in [1.165, 1.54) is 34.5 Å². The summed E-state index contributed by atoms with van der Waals surface area (Å²) in [6, 6.07) is 5.11. The Kier molecular flexibility index (Phi) is 3.09. The SMILES string of the molecule is Brc1ccc(C2(CC3CCCN3)COC2)s1. The van der Waals surface area contributed by atoms with E-state index in [-0.39, 0.29) is 0 Å². The lowest BCUT2D eigenvalue weighted by Gasteiger charge is -2.42. The molecule has 2 fully saturated rings. The number of rotatable bonds is 3. The molecule has 88 valence electrons. The van der Waals surface area contributed by atoms with Crippen LogP contribution in [0, 0.1) is 0 Å². The molecule has 0 aromatic carbocycles. The molecule has 3 heterocycles. The third kappa shape index (κ3) is 1.96. The molecule has 4 heteroatoms. The predicted molar refractivity (Wildman–Crippen MR) is 70.2 cm³/mol. The third-order valence-electron chi connectivity index (χ3n) is 3.65. The molecular formula is C12H16BrNOS. The van der Waals surface area contributed by atoms with Crippen molar-refractivity contribution in [1.29, 1.82) is 0 Å². The van der Waals surface area contributed by atoms with Gasteiger partial charge in [0.05, 0.1) is 22.4 Å². The molecule has 3 rings (SSSR count). The van der Waals surface area contributed by atoms with Gasteiger partial charge in [0.2, 0.25) is 0 Å². The molecule has 0 radical (unpaired) electrons. The molecule has 0 spiro atoms. The van der Waals surface area contributed by atoms with E-state index in [0.717, 1.165) is 13.2 Å². The average molecular weight is 302 g/mol. The molecule has 1 N–H and O–H groups in total. The van der Waals surface area contributed by atoms with Crippen molar-refractivity contribution < 1.29 is 4.74 Å². The van der Waals surface area contributed by atoms with Crippen molar-refractivity contribution in [3.8, 4) is 0 Å². The van der Waals surface area contributed by atoms with E-state index in [0.29, 0.717) is 11.5 Å². The van der Waals surface area contributed by atoms with Gasteiger partial charge in [0.25, 0.3) is 0 Å². The van der Waals surface area contributed by atoms with Gasteiger partial charge in [-0.05, 0) is 53.9 Å². The first kappa shape index (κ1) is 11.2. The topological polar surface area (TPSA) is 21.3 Å². The molecule has 16 heavy (non-hydrogen) atoms. The highest BCUT2D eigenvalue weighted by Crippen LogP contribution is 2.42. The van der Waals surface area contributed by atoms with Crippen LogP contribution in [0.25, 0.3) is 0 Å². The number of halogens is 1. The predicted octanol–water partition coefficient (Wildman–Crippen LogP) is 2.92. The van der Waals surface area contributed by atoms with Gasteiger partial charge in [-0.15, -0.1) is 11.3 Å². The smallest absolute Gasteiger partial charge is 0.0701 e. The summed E-state index contributed by atoms with van der Waals surface area (Å²) < 4.78 is 6.71. The van der Waals surface area contributed by atoms with Crippen LogP contribution in [0.4, 0.5) is 0 Å². The molecule has 0 aliphatic carbocycles. The van der Waals surface area contributed by atoms with Gasteiger partial charge in [0, 0.05) is 10.9 Å². The Balaban J connectivity index is 1.77. The second-order valence-electron chi connectivity index (χ2n) is 4.87. The molecule has 0 saturated carbocycles. The van der Waals surface area contributed by atoms with Crippen molar-refractivity contribution in [2.75, 3.05) is 19.8 Å². The summed E-state index contributed by atoms with van der Waals surface area (Å²) in [4.78, 5) is 1.49. The first-order valence-corrected chi connectivity index (χ1v) is 7.46. The molecule has 1 unspecified atom stereocenters. The quantitative estimate of drug-likeness (QED) is 0.927. The van der Waals surface area contributed by atoms with Gasteiger partial charge >= 0.3 is 0 Å². The summed E-state index contributed by atoms with van der Waals surface area (Å²) in [7, 11) is 0. The van der Waals surface area contributed by atoms with Crippen molar-refractivity contribution in [2.45, 2.75) is 30.7 Å². The average Bonchev–Trinajstić information content (AvgIpc) is 2.82. The lowest BCUT2D eigenvalue weighted by molar-refractivity contribution is -0.0660. The second kappa shape index (κ2) is 4.41. The van der Waals surface area contributed by atoms with Crippen LogP contribution in [0.3, 0.4) is 0 Å². The lowest BCUT2D eigenvalue weighted by atomic mass is 9.78. The van der Waals surface area contributed by atoms with E-state index in [2.05, 4.69) is 33.4 Å². The van der Waals surface area contributed by atoms with Crippen molar-refractivity contribution in [3.05, 3.63) is 20.8 Å². The van der Waals surface area contributed by atoms with Gasteiger partial charge < -0.3 is 10.1 Å². The zero-order chi connectivity index (χ0) is 11.0. The molecule has 1 aromatic rings. The molecule has 2 nitrogen and oxygen atoms in total. The van der Waals surface area contributed by atoms with Crippen molar-refractivity contribution in [2.24, 2.45) is 0 Å². The van der Waals surface area contributed by atoms with Crippen LogP contribution in [0.2, 0.25) is 0 Å². The van der Waals surface area contributed by atoms with Crippen molar-refractivity contribution in [1.82, 2.24) is 5.32 Å². The van der Waals surface area contributed by atoms with E-state index < -0.39 is 0 Å².